The van der Waals surface area contributed by atoms with Crippen molar-refractivity contribution in [1.29, 1.82) is 0 Å². The zero-order valence-electron chi connectivity index (χ0n) is 12.9. The lowest BCUT2D eigenvalue weighted by atomic mass is 10.0. The summed E-state index contributed by atoms with van der Waals surface area (Å²) in [6, 6.07) is 5.89. The normalized spacial score (nSPS) is 20.0. The van der Waals surface area contributed by atoms with Crippen molar-refractivity contribution in [3.8, 4) is 0 Å². The smallest absolute Gasteiger partial charge is 0.339 e. The first-order chi connectivity index (χ1) is 9.55. The van der Waals surface area contributed by atoms with Gasteiger partial charge in [-0.3, -0.25) is 0 Å². The van der Waals surface area contributed by atoms with Gasteiger partial charge < -0.3 is 4.74 Å². The minimum Gasteiger partial charge on any atom is -0.465 e. The number of nitrogens with one attached hydrogen (secondary N) is 1. The van der Waals surface area contributed by atoms with Crippen LogP contribution in [0.4, 0.5) is 0 Å². The molecule has 1 aliphatic carbocycles. The van der Waals surface area contributed by atoms with E-state index in [2.05, 4.69) is 9.46 Å². The van der Waals surface area contributed by atoms with Crippen LogP contribution in [0.15, 0.2) is 29.2 Å². The van der Waals surface area contributed by atoms with Gasteiger partial charge in [0, 0.05) is 6.04 Å². The molecule has 1 aromatic carbocycles. The zero-order valence-corrected chi connectivity index (χ0v) is 13.7. The van der Waals surface area contributed by atoms with Crippen LogP contribution in [0.5, 0.6) is 0 Å². The monoisotopic (exact) mass is 311 g/mol. The molecule has 0 spiro atoms. The number of methoxy groups -OCH3 is 1. The second kappa shape index (κ2) is 4.81. The summed E-state index contributed by atoms with van der Waals surface area (Å²) in [6.07, 6.45) is 0. The number of rotatable bonds is 4. The molecular weight excluding hydrogens is 290 g/mol. The molecule has 6 heteroatoms. The van der Waals surface area contributed by atoms with Gasteiger partial charge in [0.15, 0.2) is 0 Å². The van der Waals surface area contributed by atoms with Crippen LogP contribution in [-0.4, -0.2) is 27.5 Å². The fraction of sp³-hybridized carbons (Fsp3) is 0.533. The Morgan fingerprint density at radius 1 is 1.14 bits per heavy atom. The van der Waals surface area contributed by atoms with E-state index in [0.29, 0.717) is 0 Å². The molecule has 1 aliphatic rings. The first kappa shape index (κ1) is 16.0. The van der Waals surface area contributed by atoms with Gasteiger partial charge in [-0.25, -0.2) is 17.9 Å². The Bertz CT molecular complexity index is 663. The van der Waals surface area contributed by atoms with Crippen molar-refractivity contribution in [2.75, 3.05) is 7.11 Å². The number of ether oxygens (including phenoxy) is 1. The Hall–Kier alpha value is -1.40. The van der Waals surface area contributed by atoms with E-state index in [1.807, 2.05) is 27.7 Å². The molecule has 0 atom stereocenters. The first-order valence-corrected chi connectivity index (χ1v) is 8.23. The Morgan fingerprint density at radius 3 is 2.14 bits per heavy atom. The SMILES string of the molecule is COC(=O)c1ccccc1S(=O)(=O)NC1C(C)(C)C1(C)C. The molecule has 1 aromatic rings. The fourth-order valence-corrected chi connectivity index (χ4v) is 4.41. The molecule has 1 saturated carbocycles. The molecule has 0 radical (unpaired) electrons. The van der Waals surface area contributed by atoms with Crippen molar-refractivity contribution in [3.05, 3.63) is 29.8 Å². The zero-order chi connectivity index (χ0) is 16.1. The molecule has 0 unspecified atom stereocenters. The van der Waals surface area contributed by atoms with E-state index in [-0.39, 0.29) is 27.3 Å². The van der Waals surface area contributed by atoms with Crippen molar-refractivity contribution >= 4 is 16.0 Å². The van der Waals surface area contributed by atoms with Crippen molar-refractivity contribution in [3.63, 3.8) is 0 Å². The van der Waals surface area contributed by atoms with E-state index in [1.165, 1.54) is 19.2 Å². The third-order valence-corrected chi connectivity index (χ3v) is 6.36. The van der Waals surface area contributed by atoms with Crippen molar-refractivity contribution < 1.29 is 17.9 Å². The quantitative estimate of drug-likeness (QED) is 0.865. The molecular formula is C15H21NO4S. The highest BCUT2D eigenvalue weighted by molar-refractivity contribution is 7.89. The summed E-state index contributed by atoms with van der Waals surface area (Å²) in [5.41, 5.74) is -0.204. The van der Waals surface area contributed by atoms with Crippen LogP contribution >= 0.6 is 0 Å². The Kier molecular flexibility index (Phi) is 3.66. The largest absolute Gasteiger partial charge is 0.465 e. The third-order valence-electron chi connectivity index (χ3n) is 4.88. The molecule has 0 aromatic heterocycles. The lowest BCUT2D eigenvalue weighted by molar-refractivity contribution is 0.0596. The van der Waals surface area contributed by atoms with Crippen molar-refractivity contribution in [1.82, 2.24) is 4.72 Å². The number of benzene rings is 1. The molecule has 0 saturated heterocycles. The molecule has 0 heterocycles. The number of carbonyl (C=O) groups excluding carboxylic acids is 1. The molecule has 1 fully saturated rings. The maximum atomic E-state index is 12.6. The van der Waals surface area contributed by atoms with E-state index < -0.39 is 16.0 Å². The van der Waals surface area contributed by atoms with Crippen LogP contribution in [0, 0.1) is 10.8 Å². The van der Waals surface area contributed by atoms with Gasteiger partial charge in [0.1, 0.15) is 0 Å². The second-order valence-electron chi connectivity index (χ2n) is 6.49. The molecule has 5 nitrogen and oxygen atoms in total. The van der Waals surface area contributed by atoms with E-state index in [9.17, 15) is 13.2 Å². The summed E-state index contributed by atoms with van der Waals surface area (Å²) in [7, 11) is -2.55. The summed E-state index contributed by atoms with van der Waals surface area (Å²) in [4.78, 5) is 11.7. The van der Waals surface area contributed by atoms with Crippen molar-refractivity contribution in [2.45, 2.75) is 38.6 Å². The van der Waals surface area contributed by atoms with Gasteiger partial charge in [0.05, 0.1) is 17.6 Å². The van der Waals surface area contributed by atoms with Gasteiger partial charge in [0.25, 0.3) is 0 Å². The van der Waals surface area contributed by atoms with Crippen LogP contribution in [0.3, 0.4) is 0 Å². The summed E-state index contributed by atoms with van der Waals surface area (Å²) in [5.74, 6) is -0.662. The summed E-state index contributed by atoms with van der Waals surface area (Å²) >= 11 is 0. The lowest BCUT2D eigenvalue weighted by Crippen LogP contribution is -2.31. The van der Waals surface area contributed by atoms with Crippen LogP contribution < -0.4 is 4.72 Å². The van der Waals surface area contributed by atoms with Gasteiger partial charge in [-0.15, -0.1) is 0 Å². The van der Waals surface area contributed by atoms with Gasteiger partial charge in [-0.2, -0.15) is 0 Å². The van der Waals surface area contributed by atoms with E-state index in [4.69, 9.17) is 0 Å². The second-order valence-corrected chi connectivity index (χ2v) is 8.17. The number of sulfonamides is 1. The predicted molar refractivity (Wildman–Crippen MR) is 79.5 cm³/mol. The highest BCUT2D eigenvalue weighted by atomic mass is 32.2. The van der Waals surface area contributed by atoms with Crippen LogP contribution in [0.1, 0.15) is 38.1 Å². The van der Waals surface area contributed by atoms with Crippen LogP contribution in [0.2, 0.25) is 0 Å². The molecule has 1 N–H and O–H groups in total. The maximum Gasteiger partial charge on any atom is 0.339 e. The molecule has 2 rings (SSSR count). The van der Waals surface area contributed by atoms with Gasteiger partial charge in [-0.1, -0.05) is 39.8 Å². The molecule has 0 aliphatic heterocycles. The third kappa shape index (κ3) is 2.46. The lowest BCUT2D eigenvalue weighted by Gasteiger charge is -2.11. The fourth-order valence-electron chi connectivity index (χ4n) is 2.69. The number of esters is 1. The predicted octanol–water partition coefficient (Wildman–Crippen LogP) is 2.19. The van der Waals surface area contributed by atoms with Crippen molar-refractivity contribution in [2.24, 2.45) is 10.8 Å². The Balaban J connectivity index is 2.37. The molecule has 0 bridgehead atoms. The summed E-state index contributed by atoms with van der Waals surface area (Å²) in [6.45, 7) is 8.08. The summed E-state index contributed by atoms with van der Waals surface area (Å²) in [5, 5.41) is 0. The number of carbonyl (C=O) groups is 1. The average molecular weight is 311 g/mol. The maximum absolute atomic E-state index is 12.6. The van der Waals surface area contributed by atoms with E-state index in [1.54, 1.807) is 12.1 Å². The van der Waals surface area contributed by atoms with Crippen LogP contribution in [0.25, 0.3) is 0 Å². The highest BCUT2D eigenvalue weighted by Gasteiger charge is 2.66. The highest BCUT2D eigenvalue weighted by Crippen LogP contribution is 2.62. The minimum absolute atomic E-state index is 0.0452. The van der Waals surface area contributed by atoms with E-state index >= 15 is 0 Å². The van der Waals surface area contributed by atoms with E-state index in [0.717, 1.165) is 0 Å². The Labute approximate surface area is 125 Å². The minimum atomic E-state index is -3.78. The van der Waals surface area contributed by atoms with Gasteiger partial charge in [0.2, 0.25) is 10.0 Å². The Morgan fingerprint density at radius 2 is 1.67 bits per heavy atom. The number of hydrogen-bond donors (Lipinski definition) is 1. The standard InChI is InChI=1S/C15H21NO4S/c1-14(2)13(15(14,3)4)16-21(18,19)11-9-7-6-8-10(11)12(17)20-5/h6-9,13,16H,1-5H3. The first-order valence-electron chi connectivity index (χ1n) is 6.75. The molecule has 0 amide bonds. The molecule has 21 heavy (non-hydrogen) atoms. The molecule has 116 valence electrons. The van der Waals surface area contributed by atoms with Gasteiger partial charge in [-0.05, 0) is 23.0 Å². The van der Waals surface area contributed by atoms with Gasteiger partial charge >= 0.3 is 5.97 Å². The number of hydrogen-bond acceptors (Lipinski definition) is 4. The topological polar surface area (TPSA) is 72.5 Å². The average Bonchev–Trinajstić information content (AvgIpc) is 2.80. The van der Waals surface area contributed by atoms with Crippen LogP contribution in [-0.2, 0) is 14.8 Å². The summed E-state index contributed by atoms with van der Waals surface area (Å²) < 4.78 is 32.5.